The van der Waals surface area contributed by atoms with Crippen LogP contribution in [0, 0.1) is 16.0 Å². The number of ether oxygens (including phenoxy) is 3. The van der Waals surface area contributed by atoms with Crippen molar-refractivity contribution in [3.8, 4) is 29.0 Å². The molecule has 4 aromatic rings. The molecule has 0 saturated carbocycles. The van der Waals surface area contributed by atoms with Crippen LogP contribution in [-0.4, -0.2) is 26.8 Å². The molecular weight excluding hydrogens is 526 g/mol. The molecule has 3 N–H and O–H groups in total. The number of fused-ring (bicyclic) bond motifs is 1. The summed E-state index contributed by atoms with van der Waals surface area (Å²) in [5.74, 6) is 2.38. The third kappa shape index (κ3) is 6.76. The van der Waals surface area contributed by atoms with E-state index >= 15 is 0 Å². The highest BCUT2D eigenvalue weighted by Crippen LogP contribution is 2.38. The lowest BCUT2D eigenvalue weighted by Crippen LogP contribution is -2.39. The summed E-state index contributed by atoms with van der Waals surface area (Å²) in [4.78, 5) is 30.8. The number of hydrogen-bond donors (Lipinski definition) is 2. The maximum absolute atomic E-state index is 12.2. The number of aryl methyl sites for hydroxylation is 1. The second kappa shape index (κ2) is 12.0. The molecule has 2 atom stereocenters. The molecule has 3 heterocycles. The molecule has 2 aromatic carbocycles. The Morgan fingerprint density at radius 3 is 2.41 bits per heavy atom. The van der Waals surface area contributed by atoms with Crippen LogP contribution in [0.3, 0.4) is 0 Å². The van der Waals surface area contributed by atoms with Crippen LogP contribution in [0.25, 0.3) is 0 Å². The highest BCUT2D eigenvalue weighted by Gasteiger charge is 2.23. The number of benzene rings is 2. The molecule has 0 radical (unpaired) electrons. The van der Waals surface area contributed by atoms with Crippen molar-refractivity contribution in [2.75, 3.05) is 5.32 Å². The number of pyridine rings is 2. The summed E-state index contributed by atoms with van der Waals surface area (Å²) in [5, 5.41) is 13.6. The van der Waals surface area contributed by atoms with Crippen LogP contribution in [0.4, 0.5) is 11.4 Å². The average molecular weight is 556 g/mol. The molecule has 0 spiro atoms. The molecular formula is C30H29N5O6. The maximum atomic E-state index is 12.2. The quantitative estimate of drug-likeness (QED) is 0.188. The van der Waals surface area contributed by atoms with E-state index in [4.69, 9.17) is 19.9 Å². The number of carbonyl (C=O) groups excluding carboxylic acids is 1. The van der Waals surface area contributed by atoms with E-state index in [-0.39, 0.29) is 29.5 Å². The zero-order valence-electron chi connectivity index (χ0n) is 22.5. The summed E-state index contributed by atoms with van der Waals surface area (Å²) in [6.45, 7) is 3.78. The first-order valence-electron chi connectivity index (χ1n) is 13.1. The van der Waals surface area contributed by atoms with Gasteiger partial charge in [-0.3, -0.25) is 14.9 Å². The molecule has 0 bridgehead atoms. The second-order valence-electron chi connectivity index (χ2n) is 9.95. The Morgan fingerprint density at radius 1 is 1.02 bits per heavy atom. The van der Waals surface area contributed by atoms with Crippen LogP contribution in [0.5, 0.6) is 29.0 Å². The fourth-order valence-corrected chi connectivity index (χ4v) is 4.27. The minimum absolute atomic E-state index is 0.0278. The molecule has 0 aliphatic carbocycles. The van der Waals surface area contributed by atoms with Crippen LogP contribution in [0.15, 0.2) is 79.1 Å². The molecule has 5 rings (SSSR count). The standard InChI is InChI=1S/C30H29N5O6/c1-18(2)29(31)30(36)34-21-7-12-27(32-16-21)40-24-9-11-26-20(15-24)6-10-25(41-26)19-4-3-5-23(14-19)39-28-13-8-22(17-33-28)35(37)38/h3-5,7-9,11-18,25,29H,6,10,31H2,1-2H3,(H,34,36)/t25-,29-/m0/s1. The third-order valence-electron chi connectivity index (χ3n) is 6.61. The van der Waals surface area contributed by atoms with Crippen molar-refractivity contribution in [1.82, 2.24) is 9.97 Å². The molecule has 11 nitrogen and oxygen atoms in total. The highest BCUT2D eigenvalue weighted by atomic mass is 16.6. The van der Waals surface area contributed by atoms with Crippen LogP contribution in [0.1, 0.15) is 37.5 Å². The van der Waals surface area contributed by atoms with E-state index in [1.54, 1.807) is 18.2 Å². The first kappa shape index (κ1) is 27.5. The monoisotopic (exact) mass is 555 g/mol. The van der Waals surface area contributed by atoms with E-state index in [9.17, 15) is 14.9 Å². The van der Waals surface area contributed by atoms with Crippen molar-refractivity contribution in [3.63, 3.8) is 0 Å². The largest absolute Gasteiger partial charge is 0.485 e. The van der Waals surface area contributed by atoms with Crippen molar-refractivity contribution in [3.05, 3.63) is 100 Å². The predicted octanol–water partition coefficient (Wildman–Crippen LogP) is 5.96. The number of aromatic nitrogens is 2. The Bertz CT molecular complexity index is 1540. The molecule has 0 unspecified atom stereocenters. The Kier molecular flexibility index (Phi) is 8.06. The number of anilines is 1. The summed E-state index contributed by atoms with van der Waals surface area (Å²) in [6.07, 6.45) is 4.05. The second-order valence-corrected chi connectivity index (χ2v) is 9.95. The van der Waals surface area contributed by atoms with Crippen molar-refractivity contribution in [2.24, 2.45) is 11.7 Å². The van der Waals surface area contributed by atoms with Crippen molar-refractivity contribution in [2.45, 2.75) is 38.8 Å². The number of nitrogens with two attached hydrogens (primary N) is 1. The minimum atomic E-state index is -0.597. The van der Waals surface area contributed by atoms with Crippen molar-refractivity contribution < 1.29 is 23.9 Å². The molecule has 1 aliphatic rings. The Hall–Kier alpha value is -5.03. The van der Waals surface area contributed by atoms with Crippen molar-refractivity contribution >= 4 is 17.3 Å². The molecule has 41 heavy (non-hydrogen) atoms. The molecule has 2 aromatic heterocycles. The number of amides is 1. The summed E-state index contributed by atoms with van der Waals surface area (Å²) in [6, 6.07) is 18.8. The molecule has 210 valence electrons. The Labute approximate surface area is 236 Å². The van der Waals surface area contributed by atoms with Gasteiger partial charge in [0.15, 0.2) is 0 Å². The summed E-state index contributed by atoms with van der Waals surface area (Å²) in [7, 11) is 0. The van der Waals surface area contributed by atoms with Gasteiger partial charge in [-0.15, -0.1) is 0 Å². The molecule has 1 aliphatic heterocycles. The van der Waals surface area contributed by atoms with E-state index in [1.165, 1.54) is 18.3 Å². The number of nitro groups is 1. The van der Waals surface area contributed by atoms with Gasteiger partial charge in [0.2, 0.25) is 17.7 Å². The SMILES string of the molecule is CC(C)[C@H](N)C(=O)Nc1ccc(Oc2ccc3c(c2)CC[C@@H](c2cccc(Oc4ccc([N+](=O)[O-])cn4)c2)O3)nc1. The van der Waals surface area contributed by atoms with Gasteiger partial charge in [0.25, 0.3) is 5.69 Å². The first-order valence-corrected chi connectivity index (χ1v) is 13.1. The van der Waals surface area contributed by atoms with Crippen molar-refractivity contribution in [1.29, 1.82) is 0 Å². The lowest BCUT2D eigenvalue weighted by atomic mass is 9.97. The third-order valence-corrected chi connectivity index (χ3v) is 6.61. The van der Waals surface area contributed by atoms with Gasteiger partial charge in [0.1, 0.15) is 29.5 Å². The van der Waals surface area contributed by atoms with E-state index in [2.05, 4.69) is 15.3 Å². The van der Waals surface area contributed by atoms with Gasteiger partial charge in [-0.1, -0.05) is 26.0 Å². The van der Waals surface area contributed by atoms with Gasteiger partial charge in [-0.05, 0) is 66.3 Å². The van der Waals surface area contributed by atoms with Gasteiger partial charge in [-0.2, -0.15) is 0 Å². The lowest BCUT2D eigenvalue weighted by Gasteiger charge is -2.27. The minimum Gasteiger partial charge on any atom is -0.485 e. The summed E-state index contributed by atoms with van der Waals surface area (Å²) < 4.78 is 18.0. The van der Waals surface area contributed by atoms with Crippen LogP contribution >= 0.6 is 0 Å². The van der Waals surface area contributed by atoms with Gasteiger partial charge in [-0.25, -0.2) is 9.97 Å². The zero-order valence-corrected chi connectivity index (χ0v) is 22.5. The Morgan fingerprint density at radius 2 is 1.76 bits per heavy atom. The van der Waals surface area contributed by atoms with Gasteiger partial charge < -0.3 is 25.3 Å². The normalized spacial score (nSPS) is 14.9. The maximum Gasteiger partial charge on any atom is 0.287 e. The summed E-state index contributed by atoms with van der Waals surface area (Å²) in [5.41, 5.74) is 8.30. The highest BCUT2D eigenvalue weighted by molar-refractivity contribution is 5.94. The van der Waals surface area contributed by atoms with E-state index < -0.39 is 11.0 Å². The predicted molar refractivity (Wildman–Crippen MR) is 151 cm³/mol. The fourth-order valence-electron chi connectivity index (χ4n) is 4.27. The number of rotatable bonds is 9. The van der Waals surface area contributed by atoms with Crippen LogP contribution in [-0.2, 0) is 11.2 Å². The van der Waals surface area contributed by atoms with Gasteiger partial charge in [0.05, 0.1) is 22.8 Å². The van der Waals surface area contributed by atoms with E-state index in [0.717, 1.165) is 35.9 Å². The molecule has 0 fully saturated rings. The average Bonchev–Trinajstić information content (AvgIpc) is 2.98. The molecule has 11 heteroatoms. The lowest BCUT2D eigenvalue weighted by molar-refractivity contribution is -0.385. The van der Waals surface area contributed by atoms with Crippen LogP contribution in [0.2, 0.25) is 0 Å². The van der Waals surface area contributed by atoms with Crippen LogP contribution < -0.4 is 25.3 Å². The van der Waals surface area contributed by atoms with E-state index in [1.807, 2.05) is 50.2 Å². The number of carbonyl (C=O) groups is 1. The topological polar surface area (TPSA) is 152 Å². The number of hydrogen-bond acceptors (Lipinski definition) is 9. The molecule has 1 amide bonds. The molecule has 0 saturated heterocycles. The summed E-state index contributed by atoms with van der Waals surface area (Å²) >= 11 is 0. The smallest absolute Gasteiger partial charge is 0.287 e. The fraction of sp³-hybridized carbons (Fsp3) is 0.233. The first-order chi connectivity index (χ1) is 19.7. The Balaban J connectivity index is 1.20. The number of nitrogens with one attached hydrogen (secondary N) is 1. The van der Waals surface area contributed by atoms with E-state index in [0.29, 0.717) is 23.1 Å². The van der Waals surface area contributed by atoms with Gasteiger partial charge >= 0.3 is 0 Å². The zero-order chi connectivity index (χ0) is 28.9. The number of nitrogens with zero attached hydrogens (tertiary/aromatic N) is 3. The van der Waals surface area contributed by atoms with Gasteiger partial charge in [0, 0.05) is 18.2 Å².